The minimum atomic E-state index is -0.120. The molecule has 2 N–H and O–H groups in total. The lowest BCUT2D eigenvalue weighted by Crippen LogP contribution is -2.11. The van der Waals surface area contributed by atoms with Gasteiger partial charge in [0, 0.05) is 17.8 Å². The number of amides is 1. The van der Waals surface area contributed by atoms with Gasteiger partial charge in [0.1, 0.15) is 0 Å². The maximum atomic E-state index is 12.3. The van der Waals surface area contributed by atoms with Crippen molar-refractivity contribution in [1.82, 2.24) is 4.98 Å². The van der Waals surface area contributed by atoms with E-state index < -0.39 is 0 Å². The van der Waals surface area contributed by atoms with E-state index in [1.165, 1.54) is 16.9 Å². The summed E-state index contributed by atoms with van der Waals surface area (Å²) in [7, 11) is 0. The topological polar surface area (TPSA) is 54.0 Å². The molecule has 0 atom stereocenters. The number of para-hydroxylation sites is 1. The summed E-state index contributed by atoms with van der Waals surface area (Å²) in [6.07, 6.45) is 1.02. The molecule has 1 aliphatic rings. The van der Waals surface area contributed by atoms with Gasteiger partial charge in [0.15, 0.2) is 5.13 Å². The largest absolute Gasteiger partial charge is 0.384 e. The van der Waals surface area contributed by atoms with Gasteiger partial charge in [-0.25, -0.2) is 4.98 Å². The molecule has 2 heterocycles. The SMILES string of the molecule is O=C(Nc1nc2ccccc2s1)c1ccc2c(c1)NCC2. The van der Waals surface area contributed by atoms with Crippen LogP contribution >= 0.6 is 11.3 Å². The number of aromatic nitrogens is 1. The summed E-state index contributed by atoms with van der Waals surface area (Å²) in [5.74, 6) is -0.120. The van der Waals surface area contributed by atoms with E-state index in [0.717, 1.165) is 28.9 Å². The monoisotopic (exact) mass is 295 g/mol. The second-order valence-electron chi connectivity index (χ2n) is 4.99. The smallest absolute Gasteiger partial charge is 0.257 e. The Balaban J connectivity index is 1.60. The highest BCUT2D eigenvalue weighted by atomic mass is 32.1. The second kappa shape index (κ2) is 4.86. The molecule has 1 aliphatic heterocycles. The molecule has 21 heavy (non-hydrogen) atoms. The van der Waals surface area contributed by atoms with Gasteiger partial charge in [-0.05, 0) is 36.2 Å². The van der Waals surface area contributed by atoms with E-state index in [9.17, 15) is 4.79 Å². The number of nitrogens with one attached hydrogen (secondary N) is 2. The fraction of sp³-hybridized carbons (Fsp3) is 0.125. The Morgan fingerprint density at radius 2 is 2.14 bits per heavy atom. The molecule has 0 unspecified atom stereocenters. The van der Waals surface area contributed by atoms with Crippen molar-refractivity contribution in [2.45, 2.75) is 6.42 Å². The fourth-order valence-corrected chi connectivity index (χ4v) is 3.39. The molecule has 0 fully saturated rings. The first-order valence-corrected chi connectivity index (χ1v) is 7.65. The van der Waals surface area contributed by atoms with E-state index in [-0.39, 0.29) is 5.91 Å². The zero-order valence-electron chi connectivity index (χ0n) is 11.2. The zero-order valence-corrected chi connectivity index (χ0v) is 12.0. The van der Waals surface area contributed by atoms with E-state index in [4.69, 9.17) is 0 Å². The number of hydrogen-bond acceptors (Lipinski definition) is 4. The molecule has 0 radical (unpaired) electrons. The van der Waals surface area contributed by atoms with E-state index in [0.29, 0.717) is 10.7 Å². The summed E-state index contributed by atoms with van der Waals surface area (Å²) < 4.78 is 1.07. The molecule has 104 valence electrons. The second-order valence-corrected chi connectivity index (χ2v) is 6.02. The quantitative estimate of drug-likeness (QED) is 0.760. The third-order valence-electron chi connectivity index (χ3n) is 3.60. The van der Waals surface area contributed by atoms with Crippen LogP contribution in [0.2, 0.25) is 0 Å². The van der Waals surface area contributed by atoms with Crippen LogP contribution in [0, 0.1) is 0 Å². The lowest BCUT2D eigenvalue weighted by atomic mass is 10.1. The van der Waals surface area contributed by atoms with Gasteiger partial charge in [-0.3, -0.25) is 10.1 Å². The lowest BCUT2D eigenvalue weighted by molar-refractivity contribution is 0.102. The average molecular weight is 295 g/mol. The van der Waals surface area contributed by atoms with Crippen LogP contribution in [-0.4, -0.2) is 17.4 Å². The van der Waals surface area contributed by atoms with E-state index in [2.05, 4.69) is 15.6 Å². The maximum Gasteiger partial charge on any atom is 0.257 e. The van der Waals surface area contributed by atoms with E-state index in [1.807, 2.05) is 42.5 Å². The molecule has 3 aromatic rings. The number of fused-ring (bicyclic) bond motifs is 2. The van der Waals surface area contributed by atoms with Crippen molar-refractivity contribution in [2.24, 2.45) is 0 Å². The van der Waals surface area contributed by atoms with Crippen LogP contribution in [0.15, 0.2) is 42.5 Å². The third kappa shape index (κ3) is 2.25. The van der Waals surface area contributed by atoms with Crippen molar-refractivity contribution in [3.8, 4) is 0 Å². The fourth-order valence-electron chi connectivity index (χ4n) is 2.53. The predicted molar refractivity (Wildman–Crippen MR) is 86.2 cm³/mol. The molecule has 2 aromatic carbocycles. The van der Waals surface area contributed by atoms with Gasteiger partial charge in [-0.2, -0.15) is 0 Å². The van der Waals surface area contributed by atoms with Crippen molar-refractivity contribution in [1.29, 1.82) is 0 Å². The Morgan fingerprint density at radius 3 is 3.05 bits per heavy atom. The van der Waals surface area contributed by atoms with Crippen LogP contribution in [-0.2, 0) is 6.42 Å². The molecular formula is C16H13N3OS. The van der Waals surface area contributed by atoms with Crippen LogP contribution in [0.5, 0.6) is 0 Å². The summed E-state index contributed by atoms with van der Waals surface area (Å²) in [4.78, 5) is 16.7. The predicted octanol–water partition coefficient (Wildman–Crippen LogP) is 3.52. The molecule has 0 bridgehead atoms. The van der Waals surface area contributed by atoms with Crippen LogP contribution in [0.4, 0.5) is 10.8 Å². The van der Waals surface area contributed by atoms with Gasteiger partial charge < -0.3 is 5.32 Å². The Labute approximate surface area is 125 Å². The molecule has 1 aromatic heterocycles. The normalized spacial score (nSPS) is 13.0. The van der Waals surface area contributed by atoms with Crippen molar-refractivity contribution >= 4 is 38.3 Å². The Hall–Kier alpha value is -2.40. The van der Waals surface area contributed by atoms with Gasteiger partial charge >= 0.3 is 0 Å². The summed E-state index contributed by atoms with van der Waals surface area (Å²) in [6, 6.07) is 13.7. The number of carbonyl (C=O) groups is 1. The van der Waals surface area contributed by atoms with Crippen LogP contribution in [0.25, 0.3) is 10.2 Å². The molecule has 0 spiro atoms. The summed E-state index contributed by atoms with van der Waals surface area (Å²) >= 11 is 1.49. The van der Waals surface area contributed by atoms with Crippen molar-refractivity contribution in [3.63, 3.8) is 0 Å². The maximum absolute atomic E-state index is 12.3. The Bertz CT molecular complexity index is 807. The molecule has 0 aliphatic carbocycles. The zero-order chi connectivity index (χ0) is 14.2. The van der Waals surface area contributed by atoms with Crippen LogP contribution < -0.4 is 10.6 Å². The van der Waals surface area contributed by atoms with Crippen molar-refractivity contribution in [3.05, 3.63) is 53.6 Å². The molecule has 5 heteroatoms. The number of anilines is 2. The molecule has 4 nitrogen and oxygen atoms in total. The number of hydrogen-bond donors (Lipinski definition) is 2. The first-order valence-electron chi connectivity index (χ1n) is 6.83. The molecule has 0 saturated heterocycles. The number of nitrogens with zero attached hydrogens (tertiary/aromatic N) is 1. The Kier molecular flexibility index (Phi) is 2.86. The van der Waals surface area contributed by atoms with Crippen LogP contribution in [0.3, 0.4) is 0 Å². The molecule has 4 rings (SSSR count). The van der Waals surface area contributed by atoms with Crippen molar-refractivity contribution < 1.29 is 4.79 Å². The van der Waals surface area contributed by atoms with Crippen LogP contribution in [0.1, 0.15) is 15.9 Å². The summed E-state index contributed by atoms with van der Waals surface area (Å²) in [5.41, 5.74) is 3.90. The van der Waals surface area contributed by atoms with Gasteiger partial charge in [-0.15, -0.1) is 0 Å². The van der Waals surface area contributed by atoms with Gasteiger partial charge in [0.2, 0.25) is 0 Å². The first-order chi connectivity index (χ1) is 10.3. The number of carbonyl (C=O) groups excluding carboxylic acids is 1. The third-order valence-corrected chi connectivity index (χ3v) is 4.55. The molecule has 1 amide bonds. The average Bonchev–Trinajstić information content (AvgIpc) is 3.11. The standard InChI is InChI=1S/C16H13N3OS/c20-15(11-6-5-10-7-8-17-13(10)9-11)19-16-18-12-3-1-2-4-14(12)21-16/h1-6,9,17H,7-8H2,(H,18,19,20). The summed E-state index contributed by atoms with van der Waals surface area (Å²) in [6.45, 7) is 0.943. The summed E-state index contributed by atoms with van der Waals surface area (Å²) in [5, 5.41) is 6.80. The minimum Gasteiger partial charge on any atom is -0.384 e. The van der Waals surface area contributed by atoms with Gasteiger partial charge in [0.05, 0.1) is 10.2 Å². The van der Waals surface area contributed by atoms with Gasteiger partial charge in [0.25, 0.3) is 5.91 Å². The molecule has 0 saturated carbocycles. The highest BCUT2D eigenvalue weighted by molar-refractivity contribution is 7.22. The van der Waals surface area contributed by atoms with Crippen molar-refractivity contribution in [2.75, 3.05) is 17.2 Å². The highest BCUT2D eigenvalue weighted by Gasteiger charge is 2.14. The van der Waals surface area contributed by atoms with Gasteiger partial charge in [-0.1, -0.05) is 29.5 Å². The molecular weight excluding hydrogens is 282 g/mol. The van der Waals surface area contributed by atoms with E-state index >= 15 is 0 Å². The lowest BCUT2D eigenvalue weighted by Gasteiger charge is -2.04. The number of rotatable bonds is 2. The Morgan fingerprint density at radius 1 is 1.24 bits per heavy atom. The highest BCUT2D eigenvalue weighted by Crippen LogP contribution is 2.27. The van der Waals surface area contributed by atoms with E-state index in [1.54, 1.807) is 0 Å². The number of thiazole rings is 1. The number of benzene rings is 2. The minimum absolute atomic E-state index is 0.120. The first kappa shape index (κ1) is 12.3.